The molecule has 2 rings (SSSR count). The number of esters is 1. The van der Waals surface area contributed by atoms with Crippen molar-refractivity contribution in [3.05, 3.63) is 47.9 Å². The molecule has 5 heteroatoms. The minimum atomic E-state index is -0.391. The maximum atomic E-state index is 12.0. The third-order valence-electron chi connectivity index (χ3n) is 2.83. The second-order valence-corrected chi connectivity index (χ2v) is 5.14. The monoisotopic (exact) mass is 303 g/mol. The fourth-order valence-corrected chi connectivity index (χ4v) is 2.69. The topological polar surface area (TPSA) is 61.5 Å². The van der Waals surface area contributed by atoms with E-state index >= 15 is 0 Å². The van der Waals surface area contributed by atoms with Crippen LogP contribution in [-0.2, 0) is 4.74 Å². The van der Waals surface area contributed by atoms with Gasteiger partial charge in [-0.3, -0.25) is 0 Å². The fraction of sp³-hybridized carbons (Fsp3) is 0.188. The number of hydrogen-bond donors (Lipinski definition) is 1. The lowest BCUT2D eigenvalue weighted by Gasteiger charge is -2.07. The van der Waals surface area contributed by atoms with Crippen molar-refractivity contribution in [2.45, 2.75) is 6.92 Å². The second kappa shape index (κ2) is 6.95. The Morgan fingerprint density at radius 3 is 2.71 bits per heavy atom. The van der Waals surface area contributed by atoms with E-state index in [0.29, 0.717) is 23.8 Å². The predicted molar refractivity (Wildman–Crippen MR) is 85.8 cm³/mol. The lowest BCUT2D eigenvalue weighted by Crippen LogP contribution is -2.07. The molecule has 0 saturated carbocycles. The summed E-state index contributed by atoms with van der Waals surface area (Å²) in [5, 5.41) is 2.33. The molecular formula is C16H17NO3S. The van der Waals surface area contributed by atoms with Gasteiger partial charge in [0.25, 0.3) is 0 Å². The van der Waals surface area contributed by atoms with Gasteiger partial charge < -0.3 is 15.2 Å². The zero-order valence-corrected chi connectivity index (χ0v) is 12.6. The van der Waals surface area contributed by atoms with Gasteiger partial charge in [-0.25, -0.2) is 4.79 Å². The summed E-state index contributed by atoms with van der Waals surface area (Å²) >= 11 is 1.33. The van der Waals surface area contributed by atoms with Crippen LogP contribution in [0.1, 0.15) is 17.3 Å². The van der Waals surface area contributed by atoms with Gasteiger partial charge in [0.15, 0.2) is 0 Å². The van der Waals surface area contributed by atoms with E-state index in [1.807, 2.05) is 29.6 Å². The summed E-state index contributed by atoms with van der Waals surface area (Å²) in [5.41, 5.74) is 8.00. The van der Waals surface area contributed by atoms with Crippen LogP contribution in [0.2, 0.25) is 0 Å². The summed E-state index contributed by atoms with van der Waals surface area (Å²) in [7, 11) is 0. The van der Waals surface area contributed by atoms with Gasteiger partial charge in [-0.2, -0.15) is 0 Å². The lowest BCUT2D eigenvalue weighted by atomic mass is 10.0. The molecule has 2 N–H and O–H groups in total. The van der Waals surface area contributed by atoms with Gasteiger partial charge in [0.05, 0.1) is 6.61 Å². The van der Waals surface area contributed by atoms with Crippen molar-refractivity contribution in [2.75, 3.05) is 18.9 Å². The summed E-state index contributed by atoms with van der Waals surface area (Å²) in [6, 6.07) is 7.48. The highest BCUT2D eigenvalue weighted by atomic mass is 32.1. The maximum Gasteiger partial charge on any atom is 0.341 e. The number of hydrogen-bond acceptors (Lipinski definition) is 5. The molecule has 0 fully saturated rings. The molecule has 1 heterocycles. The van der Waals surface area contributed by atoms with Gasteiger partial charge in [0.1, 0.15) is 22.9 Å². The number of carbonyl (C=O) groups excluding carboxylic acids is 1. The zero-order valence-electron chi connectivity index (χ0n) is 11.8. The number of ether oxygens (including phenoxy) is 2. The van der Waals surface area contributed by atoms with E-state index < -0.39 is 5.97 Å². The predicted octanol–water partition coefficient (Wildman–Crippen LogP) is 3.74. The van der Waals surface area contributed by atoms with E-state index in [1.54, 1.807) is 13.0 Å². The smallest absolute Gasteiger partial charge is 0.341 e. The molecule has 0 saturated heterocycles. The van der Waals surface area contributed by atoms with Crippen molar-refractivity contribution < 1.29 is 14.3 Å². The Morgan fingerprint density at radius 1 is 1.38 bits per heavy atom. The first-order valence-electron chi connectivity index (χ1n) is 6.55. The Bertz CT molecular complexity index is 631. The summed E-state index contributed by atoms with van der Waals surface area (Å²) in [6.07, 6.45) is 1.69. The van der Waals surface area contributed by atoms with Gasteiger partial charge >= 0.3 is 5.97 Å². The van der Waals surface area contributed by atoms with Crippen molar-refractivity contribution in [3.63, 3.8) is 0 Å². The maximum absolute atomic E-state index is 12.0. The fourth-order valence-electron chi connectivity index (χ4n) is 1.89. The number of nitrogens with two attached hydrogens (primary N) is 1. The Kier molecular flexibility index (Phi) is 5.00. The average molecular weight is 303 g/mol. The molecule has 4 nitrogen and oxygen atoms in total. The first-order valence-corrected chi connectivity index (χ1v) is 7.43. The number of thiophene rings is 1. The first kappa shape index (κ1) is 15.1. The van der Waals surface area contributed by atoms with Crippen LogP contribution < -0.4 is 10.5 Å². The van der Waals surface area contributed by atoms with Crippen LogP contribution in [-0.4, -0.2) is 19.2 Å². The first-order chi connectivity index (χ1) is 10.2. The Hall–Kier alpha value is -2.27. The molecule has 0 radical (unpaired) electrons. The lowest BCUT2D eigenvalue weighted by molar-refractivity contribution is 0.0529. The summed E-state index contributed by atoms with van der Waals surface area (Å²) in [6.45, 7) is 6.15. The van der Waals surface area contributed by atoms with E-state index in [1.165, 1.54) is 11.3 Å². The summed E-state index contributed by atoms with van der Waals surface area (Å²) in [5.74, 6) is 0.359. The van der Waals surface area contributed by atoms with Crippen molar-refractivity contribution in [1.29, 1.82) is 0 Å². The van der Waals surface area contributed by atoms with Crippen LogP contribution in [0.3, 0.4) is 0 Å². The van der Waals surface area contributed by atoms with E-state index in [2.05, 4.69) is 6.58 Å². The SMILES string of the molecule is C=CCOc1ccc(-c2csc(N)c2C(=O)OCC)cc1. The summed E-state index contributed by atoms with van der Waals surface area (Å²) in [4.78, 5) is 12.0. The van der Waals surface area contributed by atoms with Gasteiger partial charge in [0.2, 0.25) is 0 Å². The number of carbonyl (C=O) groups is 1. The molecule has 21 heavy (non-hydrogen) atoms. The van der Waals surface area contributed by atoms with Crippen LogP contribution in [0.5, 0.6) is 5.75 Å². The van der Waals surface area contributed by atoms with Gasteiger partial charge in [-0.1, -0.05) is 24.8 Å². The Labute approximate surface area is 127 Å². The summed E-state index contributed by atoms with van der Waals surface area (Å²) < 4.78 is 10.5. The molecule has 0 spiro atoms. The number of nitrogen functional groups attached to an aromatic ring is 1. The highest BCUT2D eigenvalue weighted by molar-refractivity contribution is 7.14. The zero-order chi connectivity index (χ0) is 15.2. The Morgan fingerprint density at radius 2 is 2.10 bits per heavy atom. The molecule has 0 bridgehead atoms. The molecular weight excluding hydrogens is 286 g/mol. The van der Waals surface area contributed by atoms with Crippen molar-refractivity contribution in [3.8, 4) is 16.9 Å². The number of anilines is 1. The molecule has 0 unspecified atom stereocenters. The minimum absolute atomic E-state index is 0.321. The third kappa shape index (κ3) is 3.44. The van der Waals surface area contributed by atoms with E-state index in [0.717, 1.165) is 16.9 Å². The van der Waals surface area contributed by atoms with Crippen LogP contribution in [0.4, 0.5) is 5.00 Å². The highest BCUT2D eigenvalue weighted by Gasteiger charge is 2.19. The molecule has 0 amide bonds. The van der Waals surface area contributed by atoms with Gasteiger partial charge in [-0.15, -0.1) is 11.3 Å². The standard InChI is InChI=1S/C16H17NO3S/c1-3-9-20-12-7-5-11(6-8-12)13-10-21-15(17)14(13)16(18)19-4-2/h3,5-8,10H,1,4,9,17H2,2H3. The molecule has 110 valence electrons. The van der Waals surface area contributed by atoms with Crippen molar-refractivity contribution >= 4 is 22.3 Å². The number of benzene rings is 1. The largest absolute Gasteiger partial charge is 0.490 e. The molecule has 1 aromatic carbocycles. The minimum Gasteiger partial charge on any atom is -0.490 e. The third-order valence-corrected chi connectivity index (χ3v) is 3.64. The van der Waals surface area contributed by atoms with Crippen LogP contribution in [0.25, 0.3) is 11.1 Å². The highest BCUT2D eigenvalue weighted by Crippen LogP contribution is 2.34. The molecule has 0 aliphatic rings. The second-order valence-electron chi connectivity index (χ2n) is 4.23. The average Bonchev–Trinajstić information content (AvgIpc) is 2.88. The van der Waals surface area contributed by atoms with E-state index in [-0.39, 0.29) is 0 Å². The molecule has 2 aromatic rings. The van der Waals surface area contributed by atoms with Crippen molar-refractivity contribution in [2.24, 2.45) is 0 Å². The molecule has 1 aromatic heterocycles. The quantitative estimate of drug-likeness (QED) is 0.652. The van der Waals surface area contributed by atoms with Crippen molar-refractivity contribution in [1.82, 2.24) is 0 Å². The normalized spacial score (nSPS) is 10.1. The van der Waals surface area contributed by atoms with Gasteiger partial charge in [-0.05, 0) is 24.6 Å². The Balaban J connectivity index is 2.29. The molecule has 0 aliphatic heterocycles. The van der Waals surface area contributed by atoms with Gasteiger partial charge in [0, 0.05) is 10.9 Å². The molecule has 0 aliphatic carbocycles. The van der Waals surface area contributed by atoms with Crippen LogP contribution >= 0.6 is 11.3 Å². The number of rotatable bonds is 6. The molecule has 0 atom stereocenters. The van der Waals surface area contributed by atoms with E-state index in [4.69, 9.17) is 15.2 Å². The van der Waals surface area contributed by atoms with Crippen LogP contribution in [0.15, 0.2) is 42.3 Å². The van der Waals surface area contributed by atoms with Crippen LogP contribution in [0, 0.1) is 0 Å². The van der Waals surface area contributed by atoms with E-state index in [9.17, 15) is 4.79 Å².